The first kappa shape index (κ1) is 12.2. The first-order valence-electron chi connectivity index (χ1n) is 6.26. The molecule has 2 bridgehead atoms. The predicted octanol–water partition coefficient (Wildman–Crippen LogP) is 1.41. The van der Waals surface area contributed by atoms with Crippen molar-refractivity contribution in [1.82, 2.24) is 5.32 Å². The zero-order valence-electron chi connectivity index (χ0n) is 10.4. The smallest absolute Gasteiger partial charge is 0.0457 e. The SMILES string of the molecule is [3H]C1C2Cc3ccc(CO)[c-]c3[C@@]1(S)CCN2.[W]. The van der Waals surface area contributed by atoms with Crippen LogP contribution >= 0.6 is 12.6 Å². The van der Waals surface area contributed by atoms with E-state index in [1.807, 2.05) is 12.1 Å². The number of aliphatic hydroxyl groups is 1. The Hall–Kier alpha value is 0.178. The van der Waals surface area contributed by atoms with Gasteiger partial charge in [-0.15, -0.1) is 16.7 Å². The number of fused-ring (bicyclic) bond motifs is 4. The molecule has 0 saturated carbocycles. The Labute approximate surface area is 123 Å². The number of aliphatic hydroxyl groups excluding tert-OH is 1. The van der Waals surface area contributed by atoms with Crippen LogP contribution in [0.1, 0.15) is 30.9 Å². The number of hydrogen-bond acceptors (Lipinski definition) is 3. The Kier molecular flexibility index (Phi) is 3.63. The Bertz CT molecular complexity index is 459. The molecule has 17 heavy (non-hydrogen) atoms. The van der Waals surface area contributed by atoms with Gasteiger partial charge in [0, 0.05) is 39.8 Å². The molecule has 3 atom stereocenters. The van der Waals surface area contributed by atoms with Crippen LogP contribution in [0.5, 0.6) is 0 Å². The Morgan fingerprint density at radius 3 is 3.24 bits per heavy atom. The first-order chi connectivity index (χ1) is 8.15. The van der Waals surface area contributed by atoms with E-state index in [9.17, 15) is 5.11 Å². The van der Waals surface area contributed by atoms with E-state index in [-0.39, 0.29) is 40.1 Å². The molecular weight excluding hydrogens is 402 g/mol. The van der Waals surface area contributed by atoms with Crippen LogP contribution in [0.3, 0.4) is 0 Å². The summed E-state index contributed by atoms with van der Waals surface area (Å²) in [6, 6.07) is 7.43. The van der Waals surface area contributed by atoms with E-state index in [0.717, 1.165) is 30.5 Å². The standard InChI is InChI=1S/C13H16NOS.W/c15-8-9-1-2-10-6-11-7-13(16,3-4-14-11)12(10)5-9;/h1-2,11,14-16H,3-4,6-8H2;/q-1;/t11?,13-;/m1./s1/i7T;/t7?,11?,13-;. The monoisotopic (exact) mass is 420 g/mol. The van der Waals surface area contributed by atoms with Gasteiger partial charge in [0.05, 0.1) is 0 Å². The maximum Gasteiger partial charge on any atom is 0.0457 e. The molecule has 0 spiro atoms. The maximum absolute atomic E-state index is 9.20. The van der Waals surface area contributed by atoms with Crippen molar-refractivity contribution in [3.8, 4) is 0 Å². The second-order valence-corrected chi connectivity index (χ2v) is 5.45. The third-order valence-corrected chi connectivity index (χ3v) is 4.12. The van der Waals surface area contributed by atoms with Crippen molar-refractivity contribution in [2.75, 3.05) is 6.54 Å². The van der Waals surface area contributed by atoms with Gasteiger partial charge in [-0.3, -0.25) is 0 Å². The van der Waals surface area contributed by atoms with Crippen molar-refractivity contribution in [2.24, 2.45) is 0 Å². The van der Waals surface area contributed by atoms with Crippen molar-refractivity contribution in [3.63, 3.8) is 0 Å². The molecule has 0 amide bonds. The predicted molar refractivity (Wildman–Crippen MR) is 66.6 cm³/mol. The molecule has 0 radical (unpaired) electrons. The molecule has 0 aromatic heterocycles. The zero-order chi connectivity index (χ0) is 12.0. The topological polar surface area (TPSA) is 32.3 Å². The van der Waals surface area contributed by atoms with Crippen molar-refractivity contribution < 1.29 is 27.5 Å². The Morgan fingerprint density at radius 2 is 2.47 bits per heavy atom. The third-order valence-electron chi connectivity index (χ3n) is 3.53. The second-order valence-electron chi connectivity index (χ2n) is 4.65. The molecule has 3 rings (SSSR count). The van der Waals surface area contributed by atoms with E-state index >= 15 is 0 Å². The average Bonchev–Trinajstić information content (AvgIpc) is 2.33. The molecule has 1 aromatic carbocycles. The quantitative estimate of drug-likeness (QED) is 0.475. The van der Waals surface area contributed by atoms with Crippen molar-refractivity contribution in [1.29, 1.82) is 0 Å². The molecule has 2 N–H and O–H groups in total. The van der Waals surface area contributed by atoms with Crippen LogP contribution in [0.4, 0.5) is 0 Å². The summed E-state index contributed by atoms with van der Waals surface area (Å²) in [6.07, 6.45) is 1.48. The van der Waals surface area contributed by atoms with E-state index in [2.05, 4.69) is 11.4 Å². The van der Waals surface area contributed by atoms with Gasteiger partial charge in [0.1, 0.15) is 0 Å². The van der Waals surface area contributed by atoms with Crippen LogP contribution in [-0.4, -0.2) is 17.7 Å². The number of hydrogen-bond donors (Lipinski definition) is 3. The fourth-order valence-electron chi connectivity index (χ4n) is 2.72. The van der Waals surface area contributed by atoms with Crippen LogP contribution in [0.15, 0.2) is 12.1 Å². The van der Waals surface area contributed by atoms with E-state index in [4.69, 9.17) is 14.0 Å². The summed E-state index contributed by atoms with van der Waals surface area (Å²) in [4.78, 5) is 0. The number of thiol groups is 1. The summed E-state index contributed by atoms with van der Waals surface area (Å²) in [5.41, 5.74) is 3.05. The van der Waals surface area contributed by atoms with Gasteiger partial charge in [0.2, 0.25) is 0 Å². The number of rotatable bonds is 1. The number of piperidine rings is 1. The molecule has 4 heteroatoms. The van der Waals surface area contributed by atoms with Gasteiger partial charge in [-0.05, 0) is 19.4 Å². The van der Waals surface area contributed by atoms with Gasteiger partial charge in [0.25, 0.3) is 0 Å². The summed E-state index contributed by atoms with van der Waals surface area (Å²) >= 11 is 4.78. The van der Waals surface area contributed by atoms with Gasteiger partial charge in [-0.1, -0.05) is 6.42 Å². The first-order valence-corrected chi connectivity index (χ1v) is 6.13. The van der Waals surface area contributed by atoms with Crippen LogP contribution in [0, 0.1) is 6.07 Å². The average molecular weight is 420 g/mol. The summed E-state index contributed by atoms with van der Waals surface area (Å²) in [7, 11) is 0. The molecule has 1 aliphatic carbocycles. The summed E-state index contributed by atoms with van der Waals surface area (Å²) < 4.78 is 7.91. The summed E-state index contributed by atoms with van der Waals surface area (Å²) in [5, 5.41) is 12.6. The molecule has 1 fully saturated rings. The van der Waals surface area contributed by atoms with Gasteiger partial charge >= 0.3 is 0 Å². The minimum Gasteiger partial charge on any atom is -0.394 e. The molecule has 1 heterocycles. The van der Waals surface area contributed by atoms with E-state index in [1.165, 1.54) is 5.56 Å². The normalized spacial score (nSPS) is 35.5. The van der Waals surface area contributed by atoms with Crippen molar-refractivity contribution in [2.45, 2.75) is 36.6 Å². The van der Waals surface area contributed by atoms with E-state index in [0.29, 0.717) is 0 Å². The fraction of sp³-hybridized carbons (Fsp3) is 0.538. The maximum atomic E-state index is 9.20. The van der Waals surface area contributed by atoms with Gasteiger partial charge in [-0.25, -0.2) is 0 Å². The molecule has 1 saturated heterocycles. The van der Waals surface area contributed by atoms with Gasteiger partial charge in [0.15, 0.2) is 0 Å². The van der Waals surface area contributed by atoms with Crippen LogP contribution in [-0.2, 0) is 38.8 Å². The second kappa shape index (κ2) is 5.05. The fourth-order valence-corrected chi connectivity index (χ4v) is 3.21. The zero-order valence-corrected chi connectivity index (χ0v) is 13.3. The molecular formula is C13H16NOSW-. The van der Waals surface area contributed by atoms with Gasteiger partial charge < -0.3 is 10.4 Å². The largest absolute Gasteiger partial charge is 0.394 e. The molecule has 1 aliphatic heterocycles. The summed E-state index contributed by atoms with van der Waals surface area (Å²) in [5.74, 6) is 0. The Balaban J connectivity index is 0.00000120. The third kappa shape index (κ3) is 2.35. The molecule has 2 unspecified atom stereocenters. The molecule has 2 nitrogen and oxygen atoms in total. The number of nitrogens with one attached hydrogen (secondary N) is 1. The van der Waals surface area contributed by atoms with Crippen LogP contribution in [0.2, 0.25) is 0 Å². The molecule has 1 aromatic rings. The minimum atomic E-state index is -0.408. The van der Waals surface area contributed by atoms with Crippen LogP contribution < -0.4 is 5.32 Å². The van der Waals surface area contributed by atoms with Crippen molar-refractivity contribution in [3.05, 3.63) is 34.9 Å². The Morgan fingerprint density at radius 1 is 1.65 bits per heavy atom. The van der Waals surface area contributed by atoms with Gasteiger partial charge in [-0.2, -0.15) is 30.8 Å². The van der Waals surface area contributed by atoms with Crippen LogP contribution in [0.25, 0.3) is 0 Å². The van der Waals surface area contributed by atoms with E-state index < -0.39 is 4.75 Å². The van der Waals surface area contributed by atoms with Crippen molar-refractivity contribution >= 4 is 12.6 Å². The van der Waals surface area contributed by atoms with E-state index in [1.54, 1.807) is 0 Å². The summed E-state index contributed by atoms with van der Waals surface area (Å²) in [6.45, 7) is 0.904. The molecule has 2 aliphatic rings. The number of benzene rings is 1. The molecule has 92 valence electrons. The minimum absolute atomic E-state index is 0.